The van der Waals surface area contributed by atoms with Crippen LogP contribution >= 0.6 is 16.8 Å². The molecule has 0 N–H and O–H groups in total. The monoisotopic (exact) mass is 866 g/mol. The summed E-state index contributed by atoms with van der Waals surface area (Å²) in [6, 6.07) is 43.1. The highest BCUT2D eigenvalue weighted by Gasteiger charge is 2.30. The van der Waals surface area contributed by atoms with Gasteiger partial charge in [0.25, 0.3) is 0 Å². The van der Waals surface area contributed by atoms with Crippen LogP contribution in [0.2, 0.25) is 0 Å². The summed E-state index contributed by atoms with van der Waals surface area (Å²) in [6.07, 6.45) is 0. The van der Waals surface area contributed by atoms with E-state index in [4.69, 9.17) is 18.1 Å². The average molecular weight is 867 g/mol. The molecule has 0 radical (unpaired) electrons. The maximum Gasteiger partial charge on any atom is 0.326 e. The number of rotatable bonds is 11. The molecule has 0 unspecified atom stereocenters. The summed E-state index contributed by atoms with van der Waals surface area (Å²) < 4.78 is 28.0. The molecule has 6 rings (SSSR count). The van der Waals surface area contributed by atoms with Crippen molar-refractivity contribution in [3.8, 4) is 34.1 Å². The van der Waals surface area contributed by atoms with Crippen LogP contribution in [0.4, 0.5) is 0 Å². The van der Waals surface area contributed by atoms with Gasteiger partial charge in [-0.1, -0.05) is 178 Å². The molecular weight excluding hydrogens is 799 g/mol. The molecule has 6 heteroatoms. The smallest absolute Gasteiger partial charge is 0.326 e. The molecule has 0 aromatic heterocycles. The SMILES string of the molecule is Cc1ccc(OP(Oc2ccc(C)cc2C(C)(C)C)c2ccc(-c3ccc(P(Oc4ccc(C)cc4C(C)(C)C)Oc4ccc(C)cc4C(C)(C)C)cc3)cc2)c(C(C)(C)C)c1. The van der Waals surface area contributed by atoms with E-state index in [1.54, 1.807) is 0 Å². The van der Waals surface area contributed by atoms with E-state index in [0.717, 1.165) is 67.0 Å². The summed E-state index contributed by atoms with van der Waals surface area (Å²) in [7, 11) is -3.11. The highest BCUT2D eigenvalue weighted by atomic mass is 31.2. The van der Waals surface area contributed by atoms with Crippen molar-refractivity contribution < 1.29 is 18.1 Å². The van der Waals surface area contributed by atoms with E-state index >= 15 is 0 Å². The van der Waals surface area contributed by atoms with Crippen LogP contribution in [0.25, 0.3) is 11.1 Å². The Balaban J connectivity index is 1.36. The molecule has 0 spiro atoms. The van der Waals surface area contributed by atoms with Crippen molar-refractivity contribution in [1.82, 2.24) is 0 Å². The Morgan fingerprint density at radius 3 is 0.694 bits per heavy atom. The van der Waals surface area contributed by atoms with Crippen molar-refractivity contribution in [3.63, 3.8) is 0 Å². The molecule has 0 aliphatic carbocycles. The van der Waals surface area contributed by atoms with Crippen molar-refractivity contribution in [2.75, 3.05) is 0 Å². The zero-order chi connectivity index (χ0) is 45.4. The number of benzene rings is 6. The Hall–Kier alpha value is -4.62. The van der Waals surface area contributed by atoms with Gasteiger partial charge in [0.05, 0.1) is 10.6 Å². The largest absolute Gasteiger partial charge is 0.435 e. The van der Waals surface area contributed by atoms with Gasteiger partial charge in [0.15, 0.2) is 0 Å². The Kier molecular flexibility index (Phi) is 13.8. The van der Waals surface area contributed by atoms with E-state index in [1.807, 2.05) is 0 Å². The van der Waals surface area contributed by atoms with Crippen LogP contribution in [0.15, 0.2) is 121 Å². The van der Waals surface area contributed by atoms with Crippen LogP contribution in [-0.4, -0.2) is 0 Å². The van der Waals surface area contributed by atoms with Crippen LogP contribution < -0.4 is 28.7 Å². The molecule has 0 saturated carbocycles. The third-order valence-corrected chi connectivity index (χ3v) is 13.9. The Labute approximate surface area is 376 Å². The van der Waals surface area contributed by atoms with Gasteiger partial charge in [-0.25, -0.2) is 0 Å². The van der Waals surface area contributed by atoms with Gasteiger partial charge in [-0.05, 0) is 109 Å². The maximum atomic E-state index is 6.99. The van der Waals surface area contributed by atoms with Crippen LogP contribution in [0, 0.1) is 27.7 Å². The van der Waals surface area contributed by atoms with E-state index in [-0.39, 0.29) is 21.7 Å². The zero-order valence-electron chi connectivity index (χ0n) is 40.1. The van der Waals surface area contributed by atoms with E-state index in [1.165, 1.54) is 22.3 Å². The number of hydrogen-bond donors (Lipinski definition) is 0. The van der Waals surface area contributed by atoms with Gasteiger partial charge in [0.1, 0.15) is 23.0 Å². The summed E-state index contributed by atoms with van der Waals surface area (Å²) in [5.74, 6) is 3.39. The Bertz CT molecular complexity index is 2180. The highest BCUT2D eigenvalue weighted by Crippen LogP contribution is 2.48. The molecule has 6 aromatic carbocycles. The van der Waals surface area contributed by atoms with E-state index in [9.17, 15) is 0 Å². The van der Waals surface area contributed by atoms with Crippen LogP contribution in [0.3, 0.4) is 0 Å². The summed E-state index contributed by atoms with van der Waals surface area (Å²) in [6.45, 7) is 35.3. The van der Waals surface area contributed by atoms with Gasteiger partial charge in [-0.3, -0.25) is 0 Å². The fourth-order valence-electron chi connectivity index (χ4n) is 7.39. The lowest BCUT2D eigenvalue weighted by Crippen LogP contribution is -2.18. The molecule has 0 saturated heterocycles. The third kappa shape index (κ3) is 11.5. The van der Waals surface area contributed by atoms with Crippen LogP contribution in [0.5, 0.6) is 23.0 Å². The molecule has 4 nitrogen and oxygen atoms in total. The molecule has 0 fully saturated rings. The fraction of sp³-hybridized carbons (Fsp3) is 0.357. The summed E-state index contributed by atoms with van der Waals surface area (Å²) in [5, 5.41) is 1.99. The molecule has 0 aliphatic heterocycles. The molecule has 6 aromatic rings. The average Bonchev–Trinajstić information content (AvgIpc) is 3.18. The number of aryl methyl sites for hydroxylation is 4. The van der Waals surface area contributed by atoms with E-state index in [2.05, 4.69) is 232 Å². The first-order valence-corrected chi connectivity index (χ1v) is 24.2. The second kappa shape index (κ2) is 18.2. The molecule has 0 bridgehead atoms. The standard InChI is InChI=1S/C56H68O4P2/c1-37-17-29-49(45(33-37)53(5,6)7)57-61(58-50-30-18-38(2)34-46(50)54(8,9)10)43-25-21-41(22-26-43)42-23-27-44(28-24-42)62(59-51-31-19-39(3)35-47(51)55(11,12)13)60-52-32-20-40(4)36-48(52)56(14,15)16/h17-36H,1-16H3. The van der Waals surface area contributed by atoms with Crippen molar-refractivity contribution in [3.05, 3.63) is 166 Å². The molecular formula is C56H68O4P2. The topological polar surface area (TPSA) is 36.9 Å². The molecule has 0 heterocycles. The second-order valence-electron chi connectivity index (χ2n) is 21.0. The zero-order valence-corrected chi connectivity index (χ0v) is 41.9. The van der Waals surface area contributed by atoms with Gasteiger partial charge < -0.3 is 18.1 Å². The van der Waals surface area contributed by atoms with Gasteiger partial charge in [-0.15, -0.1) is 0 Å². The normalized spacial score (nSPS) is 12.5. The molecule has 0 atom stereocenters. The van der Waals surface area contributed by atoms with Crippen molar-refractivity contribution >= 4 is 27.4 Å². The first-order valence-electron chi connectivity index (χ1n) is 21.8. The Morgan fingerprint density at radius 2 is 0.500 bits per heavy atom. The third-order valence-electron chi connectivity index (χ3n) is 11.0. The van der Waals surface area contributed by atoms with Crippen molar-refractivity contribution in [2.45, 2.75) is 132 Å². The maximum absolute atomic E-state index is 6.99. The van der Waals surface area contributed by atoms with Gasteiger partial charge >= 0.3 is 16.8 Å². The van der Waals surface area contributed by atoms with E-state index < -0.39 is 16.8 Å². The molecule has 326 valence electrons. The predicted octanol–water partition coefficient (Wildman–Crippen LogP) is 16.0. The van der Waals surface area contributed by atoms with E-state index in [0.29, 0.717) is 0 Å². The number of hydrogen-bond acceptors (Lipinski definition) is 4. The lowest BCUT2D eigenvalue weighted by atomic mass is 9.85. The summed E-state index contributed by atoms with van der Waals surface area (Å²) >= 11 is 0. The van der Waals surface area contributed by atoms with Crippen molar-refractivity contribution in [2.24, 2.45) is 0 Å². The minimum atomic E-state index is -1.56. The highest BCUT2D eigenvalue weighted by molar-refractivity contribution is 7.57. The van der Waals surface area contributed by atoms with Crippen molar-refractivity contribution in [1.29, 1.82) is 0 Å². The van der Waals surface area contributed by atoms with Crippen LogP contribution in [0.1, 0.15) is 128 Å². The molecule has 62 heavy (non-hydrogen) atoms. The Morgan fingerprint density at radius 1 is 0.290 bits per heavy atom. The summed E-state index contributed by atoms with van der Waals surface area (Å²) in [4.78, 5) is 0. The minimum Gasteiger partial charge on any atom is -0.435 e. The van der Waals surface area contributed by atoms with Crippen LogP contribution in [-0.2, 0) is 21.7 Å². The minimum absolute atomic E-state index is 0.112. The molecule has 0 aliphatic rings. The lowest BCUT2D eigenvalue weighted by molar-refractivity contribution is 0.467. The lowest BCUT2D eigenvalue weighted by Gasteiger charge is -2.28. The molecule has 0 amide bonds. The van der Waals surface area contributed by atoms with Gasteiger partial charge in [-0.2, -0.15) is 0 Å². The quantitative estimate of drug-likeness (QED) is 0.122. The fourth-order valence-corrected chi connectivity index (χ4v) is 10.0. The summed E-state index contributed by atoms with van der Waals surface area (Å²) in [5.41, 5.74) is 11.2. The van der Waals surface area contributed by atoms with Gasteiger partial charge in [0.2, 0.25) is 0 Å². The van der Waals surface area contributed by atoms with Gasteiger partial charge in [0, 0.05) is 22.3 Å². The first-order chi connectivity index (χ1) is 28.9. The predicted molar refractivity (Wildman–Crippen MR) is 267 cm³/mol. The first kappa shape index (κ1) is 46.9. The second-order valence-corrected chi connectivity index (χ2v) is 23.8.